The Morgan fingerprint density at radius 1 is 0.929 bits per heavy atom. The number of rotatable bonds is 3. The van der Waals surface area contributed by atoms with Crippen molar-refractivity contribution < 1.29 is 9.67 Å². The third-order valence-electron chi connectivity index (χ3n) is 1.56. The zero-order chi connectivity index (χ0) is 11.9. The van der Waals surface area contributed by atoms with E-state index in [9.17, 15) is 4.57 Å². The van der Waals surface area contributed by atoms with Crippen molar-refractivity contribution in [1.29, 1.82) is 0 Å². The first-order valence-corrected chi connectivity index (χ1v) is 6.05. The van der Waals surface area contributed by atoms with E-state index in [-0.39, 0.29) is 6.61 Å². The quantitative estimate of drug-likeness (QED) is 0.719. The predicted octanol–water partition coefficient (Wildman–Crippen LogP) is 0.778. The van der Waals surface area contributed by atoms with Gasteiger partial charge in [-0.25, -0.2) is 14.0 Å². The molecule has 5 nitrogen and oxygen atoms in total. The van der Waals surface area contributed by atoms with Crippen molar-refractivity contribution >= 4 is 7.59 Å². The highest BCUT2D eigenvalue weighted by Crippen LogP contribution is 2.50. The van der Waals surface area contributed by atoms with Crippen molar-refractivity contribution in [2.24, 2.45) is 0 Å². The smallest absolute Gasteiger partial charge is 0.285 e. The molecule has 88 valence electrons. The van der Waals surface area contributed by atoms with E-state index in [1.54, 1.807) is 20.9 Å². The number of hydrogen-bond donors (Lipinski definition) is 1. The summed E-state index contributed by atoms with van der Waals surface area (Å²) in [5.74, 6) is 0. The third-order valence-corrected chi connectivity index (χ3v) is 4.69. The lowest BCUT2D eigenvalue weighted by molar-refractivity contribution is 0.318. The van der Waals surface area contributed by atoms with Gasteiger partial charge >= 0.3 is 0 Å². The molecule has 0 aromatic carbocycles. The van der Waals surface area contributed by atoms with Gasteiger partial charge in [0.2, 0.25) is 0 Å². The van der Waals surface area contributed by atoms with E-state index < -0.39 is 7.59 Å². The second-order valence-corrected chi connectivity index (χ2v) is 6.80. The Morgan fingerprint density at radius 3 is 1.07 bits per heavy atom. The molecule has 0 saturated heterocycles. The van der Waals surface area contributed by atoms with E-state index >= 15 is 0 Å². The fourth-order valence-electron chi connectivity index (χ4n) is 1.07. The maximum absolute atomic E-state index is 12.1. The van der Waals surface area contributed by atoms with Crippen molar-refractivity contribution in [3.8, 4) is 0 Å². The maximum atomic E-state index is 12.1. The molecule has 0 bridgehead atoms. The summed E-state index contributed by atoms with van der Waals surface area (Å²) in [7, 11) is 8.49. The van der Waals surface area contributed by atoms with Crippen molar-refractivity contribution in [2.75, 3.05) is 48.9 Å². The number of aliphatic hydroxyl groups excluding tert-OH is 1. The highest BCUT2D eigenvalue weighted by molar-refractivity contribution is 7.56. The summed E-state index contributed by atoms with van der Waals surface area (Å²) in [6, 6.07) is 0. The topological polar surface area (TPSA) is 47.0 Å². The summed E-state index contributed by atoms with van der Waals surface area (Å²) >= 11 is 0. The SMILES string of the molecule is CCO.CN(C)P(=O)(N(C)C)N(C)C. The Kier molecular flexibility index (Phi) is 8.69. The first-order valence-electron chi connectivity index (χ1n) is 4.49. The van der Waals surface area contributed by atoms with Gasteiger partial charge in [-0.05, 0) is 49.2 Å². The molecule has 1 N–H and O–H groups in total. The van der Waals surface area contributed by atoms with E-state index in [1.807, 2.05) is 42.3 Å². The van der Waals surface area contributed by atoms with E-state index in [4.69, 9.17) is 5.11 Å². The molecule has 0 aromatic heterocycles. The van der Waals surface area contributed by atoms with Crippen LogP contribution in [0.15, 0.2) is 0 Å². The van der Waals surface area contributed by atoms with Crippen LogP contribution < -0.4 is 0 Å². The lowest BCUT2D eigenvalue weighted by Gasteiger charge is -2.34. The molecule has 0 unspecified atom stereocenters. The molecule has 0 aliphatic rings. The van der Waals surface area contributed by atoms with Gasteiger partial charge in [-0.3, -0.25) is 4.57 Å². The molecule has 0 aliphatic heterocycles. The van der Waals surface area contributed by atoms with Gasteiger partial charge in [0.15, 0.2) is 0 Å². The minimum atomic E-state index is -2.44. The van der Waals surface area contributed by atoms with Gasteiger partial charge in [0.25, 0.3) is 7.59 Å². The Morgan fingerprint density at radius 2 is 1.07 bits per heavy atom. The monoisotopic (exact) mass is 225 g/mol. The molecular formula is C8H24N3O2P. The number of aliphatic hydroxyl groups is 1. The Balaban J connectivity index is 0. The Hall–Kier alpha value is 0.0700. The number of nitrogens with zero attached hydrogens (tertiary/aromatic N) is 3. The summed E-state index contributed by atoms with van der Waals surface area (Å²) in [4.78, 5) is 0. The zero-order valence-corrected chi connectivity index (χ0v) is 11.2. The van der Waals surface area contributed by atoms with Crippen LogP contribution in [0.5, 0.6) is 0 Å². The predicted molar refractivity (Wildman–Crippen MR) is 61.4 cm³/mol. The van der Waals surface area contributed by atoms with Crippen molar-refractivity contribution in [2.45, 2.75) is 6.92 Å². The lowest BCUT2D eigenvalue weighted by atomic mass is 10.9. The molecule has 0 fully saturated rings. The standard InChI is InChI=1S/C6H18N3OP.C2H6O/c1-7(2)11(10,8(3)4)9(5)6;1-2-3/h1-6H3;3H,2H2,1H3. The van der Waals surface area contributed by atoms with Gasteiger partial charge in [-0.2, -0.15) is 0 Å². The lowest BCUT2D eigenvalue weighted by Crippen LogP contribution is -2.30. The molecule has 0 radical (unpaired) electrons. The van der Waals surface area contributed by atoms with Crippen LogP contribution in [0.2, 0.25) is 0 Å². The Labute approximate surface area is 87.8 Å². The average molecular weight is 225 g/mol. The van der Waals surface area contributed by atoms with E-state index in [0.29, 0.717) is 0 Å². The highest BCUT2D eigenvalue weighted by Gasteiger charge is 2.30. The van der Waals surface area contributed by atoms with Crippen molar-refractivity contribution in [3.05, 3.63) is 0 Å². The van der Waals surface area contributed by atoms with Gasteiger partial charge in [-0.15, -0.1) is 0 Å². The van der Waals surface area contributed by atoms with Crippen molar-refractivity contribution in [3.63, 3.8) is 0 Å². The molecular weight excluding hydrogens is 201 g/mol. The summed E-state index contributed by atoms with van der Waals surface area (Å²) in [6.07, 6.45) is 0. The van der Waals surface area contributed by atoms with Gasteiger partial charge in [0.05, 0.1) is 0 Å². The summed E-state index contributed by atoms with van der Waals surface area (Å²) < 4.78 is 17.3. The van der Waals surface area contributed by atoms with Crippen LogP contribution in [0.4, 0.5) is 0 Å². The molecule has 0 aromatic rings. The normalized spacial score (nSPS) is 11.9. The van der Waals surface area contributed by atoms with Crippen LogP contribution in [0.25, 0.3) is 0 Å². The molecule has 0 atom stereocenters. The van der Waals surface area contributed by atoms with E-state index in [0.717, 1.165) is 0 Å². The highest BCUT2D eigenvalue weighted by atomic mass is 31.2. The van der Waals surface area contributed by atoms with Crippen LogP contribution in [0, 0.1) is 0 Å². The molecule has 0 rings (SSSR count). The zero-order valence-electron chi connectivity index (χ0n) is 10.4. The van der Waals surface area contributed by atoms with Gasteiger partial charge in [0, 0.05) is 6.61 Å². The van der Waals surface area contributed by atoms with Gasteiger partial charge < -0.3 is 5.11 Å². The minimum Gasteiger partial charge on any atom is -0.397 e. The van der Waals surface area contributed by atoms with Gasteiger partial charge in [0.1, 0.15) is 0 Å². The number of hydrogen-bond acceptors (Lipinski definition) is 2. The molecule has 0 aliphatic carbocycles. The molecule has 14 heavy (non-hydrogen) atoms. The Bertz CT molecular complexity index is 155. The van der Waals surface area contributed by atoms with Crippen LogP contribution in [0.3, 0.4) is 0 Å². The first-order chi connectivity index (χ1) is 6.24. The van der Waals surface area contributed by atoms with E-state index in [1.165, 1.54) is 0 Å². The second-order valence-electron chi connectivity index (χ2n) is 3.37. The fourth-order valence-corrected chi connectivity index (χ4v) is 3.22. The summed E-state index contributed by atoms with van der Waals surface area (Å²) in [5, 5.41) is 7.57. The molecule has 0 amide bonds. The molecule has 6 heteroatoms. The van der Waals surface area contributed by atoms with E-state index in [2.05, 4.69) is 0 Å². The van der Waals surface area contributed by atoms with Crippen LogP contribution in [-0.2, 0) is 4.57 Å². The fraction of sp³-hybridized carbons (Fsp3) is 1.00. The molecule has 0 heterocycles. The second kappa shape index (κ2) is 7.37. The minimum absolute atomic E-state index is 0.250. The molecule has 0 spiro atoms. The maximum Gasteiger partial charge on any atom is 0.285 e. The summed E-state index contributed by atoms with van der Waals surface area (Å²) in [5.41, 5.74) is 0. The molecule has 0 saturated carbocycles. The van der Waals surface area contributed by atoms with Crippen molar-refractivity contribution in [1.82, 2.24) is 14.0 Å². The van der Waals surface area contributed by atoms with Gasteiger partial charge in [-0.1, -0.05) is 0 Å². The van der Waals surface area contributed by atoms with Crippen LogP contribution in [0.1, 0.15) is 6.92 Å². The third kappa shape index (κ3) is 4.53. The average Bonchev–Trinajstić information content (AvgIpc) is 2.03. The summed E-state index contributed by atoms with van der Waals surface area (Å²) in [6.45, 7) is 1.93. The first kappa shape index (κ1) is 16.5. The van der Waals surface area contributed by atoms with Crippen LogP contribution >= 0.6 is 7.59 Å². The van der Waals surface area contributed by atoms with Crippen LogP contribution in [-0.4, -0.2) is 68.0 Å². The largest absolute Gasteiger partial charge is 0.397 e.